The molecule has 0 aromatic heterocycles. The van der Waals surface area contributed by atoms with Gasteiger partial charge in [-0.3, -0.25) is 5.84 Å². The first-order valence-corrected chi connectivity index (χ1v) is 6.09. The van der Waals surface area contributed by atoms with Gasteiger partial charge in [-0.15, -0.1) is 0 Å². The lowest BCUT2D eigenvalue weighted by molar-refractivity contribution is 0.403. The van der Waals surface area contributed by atoms with E-state index in [1.54, 1.807) is 43.5 Å². The van der Waals surface area contributed by atoms with Crippen LogP contribution in [0.4, 0.5) is 4.39 Å². The normalized spacial score (nSPS) is 12.2. The molecule has 0 spiro atoms. The molecule has 0 radical (unpaired) electrons. The molecule has 100 valence electrons. The molecule has 0 fully saturated rings. The molecule has 5 heteroatoms. The number of ether oxygens (including phenoxy) is 1. The molecule has 0 aliphatic carbocycles. The minimum atomic E-state index is -0.533. The Morgan fingerprint density at radius 3 is 2.58 bits per heavy atom. The number of benzene rings is 2. The van der Waals surface area contributed by atoms with Crippen molar-refractivity contribution in [2.24, 2.45) is 5.84 Å². The molecule has 1 unspecified atom stereocenters. The van der Waals surface area contributed by atoms with Crippen molar-refractivity contribution in [1.82, 2.24) is 5.43 Å². The standard InChI is InChI=1S/C14H14ClFN2O/c1-19-13-7-6-9(15)8-11(13)14(18-17)10-4-2-3-5-12(10)16/h2-8,14,18H,17H2,1H3. The molecule has 3 N–H and O–H groups in total. The van der Waals surface area contributed by atoms with Crippen LogP contribution in [0.15, 0.2) is 42.5 Å². The van der Waals surface area contributed by atoms with Crippen molar-refractivity contribution in [3.05, 3.63) is 64.4 Å². The zero-order valence-electron chi connectivity index (χ0n) is 10.4. The number of hydrogen-bond donors (Lipinski definition) is 2. The Bertz CT molecular complexity index is 577. The second kappa shape index (κ2) is 6.02. The maximum atomic E-state index is 13.9. The summed E-state index contributed by atoms with van der Waals surface area (Å²) in [4.78, 5) is 0. The molecule has 0 aliphatic rings. The summed E-state index contributed by atoms with van der Waals surface area (Å²) in [6.45, 7) is 0. The van der Waals surface area contributed by atoms with E-state index in [9.17, 15) is 4.39 Å². The van der Waals surface area contributed by atoms with Crippen molar-refractivity contribution in [3.63, 3.8) is 0 Å². The molecule has 3 nitrogen and oxygen atoms in total. The molecule has 19 heavy (non-hydrogen) atoms. The van der Waals surface area contributed by atoms with Gasteiger partial charge in [0.05, 0.1) is 13.2 Å². The Kier molecular flexibility index (Phi) is 4.37. The van der Waals surface area contributed by atoms with Crippen LogP contribution < -0.4 is 16.0 Å². The van der Waals surface area contributed by atoms with E-state index in [1.165, 1.54) is 6.07 Å². The summed E-state index contributed by atoms with van der Waals surface area (Å²) in [5.74, 6) is 5.82. The summed E-state index contributed by atoms with van der Waals surface area (Å²) in [7, 11) is 1.54. The SMILES string of the molecule is COc1ccc(Cl)cc1C(NN)c1ccccc1F. The van der Waals surface area contributed by atoms with E-state index < -0.39 is 6.04 Å². The van der Waals surface area contributed by atoms with Gasteiger partial charge in [0, 0.05) is 16.1 Å². The van der Waals surface area contributed by atoms with Crippen LogP contribution in [0.25, 0.3) is 0 Å². The number of nitrogens with two attached hydrogens (primary N) is 1. The topological polar surface area (TPSA) is 47.3 Å². The van der Waals surface area contributed by atoms with Crippen molar-refractivity contribution >= 4 is 11.6 Å². The first kappa shape index (κ1) is 13.8. The van der Waals surface area contributed by atoms with Gasteiger partial charge in [-0.2, -0.15) is 0 Å². The number of nitrogens with one attached hydrogen (secondary N) is 1. The highest BCUT2D eigenvalue weighted by atomic mass is 35.5. The quantitative estimate of drug-likeness (QED) is 0.668. The third kappa shape index (κ3) is 2.87. The fourth-order valence-corrected chi connectivity index (χ4v) is 2.17. The highest BCUT2D eigenvalue weighted by Crippen LogP contribution is 2.32. The minimum Gasteiger partial charge on any atom is -0.496 e. The molecule has 0 heterocycles. The minimum absolute atomic E-state index is 0.340. The fourth-order valence-electron chi connectivity index (χ4n) is 1.99. The lowest BCUT2D eigenvalue weighted by Gasteiger charge is -2.20. The molecule has 0 saturated heterocycles. The van der Waals surface area contributed by atoms with Crippen LogP contribution in [0.1, 0.15) is 17.2 Å². The summed E-state index contributed by atoms with van der Waals surface area (Å²) in [5.41, 5.74) is 3.72. The van der Waals surface area contributed by atoms with E-state index >= 15 is 0 Å². The van der Waals surface area contributed by atoms with Crippen LogP contribution in [0.5, 0.6) is 5.75 Å². The molecular weight excluding hydrogens is 267 g/mol. The van der Waals surface area contributed by atoms with Gasteiger partial charge in [-0.25, -0.2) is 9.82 Å². The van der Waals surface area contributed by atoms with Crippen LogP contribution >= 0.6 is 11.6 Å². The molecule has 2 aromatic rings. The summed E-state index contributed by atoms with van der Waals surface area (Å²) in [6, 6.07) is 11.0. The second-order valence-corrected chi connectivity index (χ2v) is 4.44. The Morgan fingerprint density at radius 1 is 1.21 bits per heavy atom. The predicted molar refractivity (Wildman–Crippen MR) is 73.6 cm³/mol. The highest BCUT2D eigenvalue weighted by Gasteiger charge is 2.20. The average Bonchev–Trinajstić information content (AvgIpc) is 2.42. The molecular formula is C14H14ClFN2O. The Labute approximate surface area is 116 Å². The van der Waals surface area contributed by atoms with Crippen LogP contribution in [-0.2, 0) is 0 Å². The van der Waals surface area contributed by atoms with Gasteiger partial charge >= 0.3 is 0 Å². The van der Waals surface area contributed by atoms with Gasteiger partial charge in [0.2, 0.25) is 0 Å². The van der Waals surface area contributed by atoms with Crippen molar-refractivity contribution in [2.75, 3.05) is 7.11 Å². The number of halogens is 2. The molecule has 0 saturated carbocycles. The largest absolute Gasteiger partial charge is 0.496 e. The summed E-state index contributed by atoms with van der Waals surface area (Å²) in [5, 5.41) is 0.535. The smallest absolute Gasteiger partial charge is 0.128 e. The average molecular weight is 281 g/mol. The van der Waals surface area contributed by atoms with E-state index in [1.807, 2.05) is 0 Å². The lowest BCUT2D eigenvalue weighted by Crippen LogP contribution is -2.29. The first-order chi connectivity index (χ1) is 9.17. The second-order valence-electron chi connectivity index (χ2n) is 4.01. The lowest BCUT2D eigenvalue weighted by atomic mass is 9.98. The zero-order valence-corrected chi connectivity index (χ0v) is 11.1. The highest BCUT2D eigenvalue weighted by molar-refractivity contribution is 6.30. The Hall–Kier alpha value is -1.62. The monoisotopic (exact) mass is 280 g/mol. The van der Waals surface area contributed by atoms with Crippen molar-refractivity contribution in [3.8, 4) is 5.75 Å². The van der Waals surface area contributed by atoms with Crippen LogP contribution in [0, 0.1) is 5.82 Å². The van der Waals surface area contributed by atoms with Crippen molar-refractivity contribution in [1.29, 1.82) is 0 Å². The van der Waals surface area contributed by atoms with Crippen LogP contribution in [0.3, 0.4) is 0 Å². The van der Waals surface area contributed by atoms with Crippen molar-refractivity contribution < 1.29 is 9.13 Å². The zero-order chi connectivity index (χ0) is 13.8. The number of hydrazine groups is 1. The number of rotatable bonds is 4. The van der Waals surface area contributed by atoms with Gasteiger partial charge in [-0.1, -0.05) is 29.8 Å². The van der Waals surface area contributed by atoms with Crippen LogP contribution in [-0.4, -0.2) is 7.11 Å². The molecule has 0 aliphatic heterocycles. The van der Waals surface area contributed by atoms with Crippen molar-refractivity contribution in [2.45, 2.75) is 6.04 Å². The summed E-state index contributed by atoms with van der Waals surface area (Å²) in [6.07, 6.45) is 0. The fraction of sp³-hybridized carbons (Fsp3) is 0.143. The number of methoxy groups -OCH3 is 1. The maximum absolute atomic E-state index is 13.9. The van der Waals surface area contributed by atoms with Gasteiger partial charge < -0.3 is 4.74 Å². The summed E-state index contributed by atoms with van der Waals surface area (Å²) >= 11 is 5.98. The van der Waals surface area contributed by atoms with Gasteiger partial charge in [0.1, 0.15) is 11.6 Å². The Morgan fingerprint density at radius 2 is 1.95 bits per heavy atom. The third-order valence-corrected chi connectivity index (χ3v) is 3.12. The van der Waals surface area contributed by atoms with Gasteiger partial charge in [-0.05, 0) is 24.3 Å². The van der Waals surface area contributed by atoms with E-state index in [-0.39, 0.29) is 5.82 Å². The predicted octanol–water partition coefficient (Wildman–Crippen LogP) is 3.04. The van der Waals surface area contributed by atoms with E-state index in [0.29, 0.717) is 21.9 Å². The van der Waals surface area contributed by atoms with E-state index in [4.69, 9.17) is 22.2 Å². The molecule has 0 amide bonds. The molecule has 2 aromatic carbocycles. The van der Waals surface area contributed by atoms with E-state index in [0.717, 1.165) is 0 Å². The summed E-state index contributed by atoms with van der Waals surface area (Å²) < 4.78 is 19.1. The van der Waals surface area contributed by atoms with Crippen LogP contribution in [0.2, 0.25) is 5.02 Å². The van der Waals surface area contributed by atoms with Gasteiger partial charge in [0.15, 0.2) is 0 Å². The maximum Gasteiger partial charge on any atom is 0.128 e. The molecule has 2 rings (SSSR count). The molecule has 1 atom stereocenters. The first-order valence-electron chi connectivity index (χ1n) is 5.71. The Balaban J connectivity index is 2.54. The number of hydrogen-bond acceptors (Lipinski definition) is 3. The van der Waals surface area contributed by atoms with E-state index in [2.05, 4.69) is 5.43 Å². The molecule has 0 bridgehead atoms. The van der Waals surface area contributed by atoms with Gasteiger partial charge in [0.25, 0.3) is 0 Å². The third-order valence-electron chi connectivity index (χ3n) is 2.89.